The summed E-state index contributed by atoms with van der Waals surface area (Å²) in [6.07, 6.45) is 1.55. The van der Waals surface area contributed by atoms with Gasteiger partial charge in [0.2, 0.25) is 0 Å². The molecule has 0 aliphatic rings. The second kappa shape index (κ2) is 7.75. The molecule has 5 nitrogen and oxygen atoms in total. The third-order valence-electron chi connectivity index (χ3n) is 4.69. The second-order valence-corrected chi connectivity index (χ2v) is 6.86. The molecule has 0 aliphatic heterocycles. The molecule has 0 unspecified atom stereocenters. The molecule has 4 aromatic rings. The number of hydrogen-bond donors (Lipinski definition) is 1. The van der Waals surface area contributed by atoms with Crippen LogP contribution in [0.25, 0.3) is 16.9 Å². The largest absolute Gasteiger partial charge is 0.467 e. The Morgan fingerprint density at radius 2 is 1.93 bits per heavy atom. The van der Waals surface area contributed by atoms with Crippen LogP contribution in [-0.2, 0) is 6.54 Å². The fourth-order valence-corrected chi connectivity index (χ4v) is 3.15. The molecule has 0 saturated heterocycles. The quantitative estimate of drug-likeness (QED) is 0.532. The molecule has 0 atom stereocenters. The van der Waals surface area contributed by atoms with E-state index in [1.54, 1.807) is 47.3 Å². The molecule has 0 bridgehead atoms. The van der Waals surface area contributed by atoms with Crippen molar-refractivity contribution in [2.75, 3.05) is 0 Å². The average Bonchev–Trinajstić information content (AvgIpc) is 3.38. The smallest absolute Gasteiger partial charge is 0.270 e. The molecule has 4 rings (SSSR count). The Hall–Kier alpha value is -3.67. The van der Waals surface area contributed by atoms with E-state index in [0.29, 0.717) is 22.7 Å². The maximum atomic E-state index is 14.3. The molecule has 0 fully saturated rings. The van der Waals surface area contributed by atoms with E-state index in [2.05, 4.69) is 10.4 Å². The molecule has 1 amide bonds. The summed E-state index contributed by atoms with van der Waals surface area (Å²) in [6, 6.07) is 17.5. The minimum absolute atomic E-state index is 0.249. The van der Waals surface area contributed by atoms with Crippen molar-refractivity contribution in [3.8, 4) is 16.9 Å². The number of amides is 1. The zero-order valence-corrected chi connectivity index (χ0v) is 16.1. The van der Waals surface area contributed by atoms with Gasteiger partial charge in [-0.1, -0.05) is 24.3 Å². The van der Waals surface area contributed by atoms with Crippen molar-refractivity contribution in [2.24, 2.45) is 0 Å². The minimum Gasteiger partial charge on any atom is -0.467 e. The molecule has 2 heterocycles. The van der Waals surface area contributed by atoms with E-state index in [0.717, 1.165) is 16.8 Å². The Labute approximate surface area is 167 Å². The van der Waals surface area contributed by atoms with E-state index in [4.69, 9.17) is 4.42 Å². The van der Waals surface area contributed by atoms with Crippen LogP contribution in [0.15, 0.2) is 71.3 Å². The summed E-state index contributed by atoms with van der Waals surface area (Å²) in [4.78, 5) is 13.0. The Kier molecular flexibility index (Phi) is 4.99. The first kappa shape index (κ1) is 18.7. The van der Waals surface area contributed by atoms with Crippen molar-refractivity contribution >= 4 is 5.91 Å². The van der Waals surface area contributed by atoms with Crippen LogP contribution in [-0.4, -0.2) is 15.7 Å². The van der Waals surface area contributed by atoms with Crippen LogP contribution >= 0.6 is 0 Å². The number of aromatic nitrogens is 2. The lowest BCUT2D eigenvalue weighted by atomic mass is 10.1. The van der Waals surface area contributed by atoms with Gasteiger partial charge in [-0.15, -0.1) is 0 Å². The fourth-order valence-electron chi connectivity index (χ4n) is 3.15. The van der Waals surface area contributed by atoms with E-state index in [9.17, 15) is 9.18 Å². The van der Waals surface area contributed by atoms with Crippen molar-refractivity contribution in [3.63, 3.8) is 0 Å². The van der Waals surface area contributed by atoms with Crippen molar-refractivity contribution in [3.05, 3.63) is 95.3 Å². The zero-order chi connectivity index (χ0) is 20.4. The van der Waals surface area contributed by atoms with Gasteiger partial charge in [0, 0.05) is 5.56 Å². The first-order chi connectivity index (χ1) is 14.0. The first-order valence-corrected chi connectivity index (χ1v) is 9.26. The zero-order valence-electron chi connectivity index (χ0n) is 16.1. The van der Waals surface area contributed by atoms with Gasteiger partial charge in [0.1, 0.15) is 17.3 Å². The van der Waals surface area contributed by atoms with Crippen LogP contribution in [0.5, 0.6) is 0 Å². The number of rotatable bonds is 5. The number of aryl methyl sites for hydroxylation is 2. The van der Waals surface area contributed by atoms with Gasteiger partial charge in [-0.05, 0) is 61.4 Å². The predicted molar refractivity (Wildman–Crippen MR) is 108 cm³/mol. The summed E-state index contributed by atoms with van der Waals surface area (Å²) < 4.78 is 21.2. The van der Waals surface area contributed by atoms with Gasteiger partial charge in [0.25, 0.3) is 5.91 Å². The summed E-state index contributed by atoms with van der Waals surface area (Å²) in [5.74, 6) is -0.0662. The number of benzene rings is 2. The van der Waals surface area contributed by atoms with Gasteiger partial charge in [-0.3, -0.25) is 4.79 Å². The van der Waals surface area contributed by atoms with E-state index in [1.807, 2.05) is 32.0 Å². The predicted octanol–water partition coefficient (Wildman–Crippen LogP) is 4.82. The van der Waals surface area contributed by atoms with Gasteiger partial charge in [0.05, 0.1) is 24.2 Å². The summed E-state index contributed by atoms with van der Waals surface area (Å²) in [6.45, 7) is 4.17. The highest BCUT2D eigenvalue weighted by molar-refractivity contribution is 5.94. The molecule has 0 saturated carbocycles. The fraction of sp³-hybridized carbons (Fsp3) is 0.130. The summed E-state index contributed by atoms with van der Waals surface area (Å²) in [5.41, 5.74) is 3.83. The number of carbonyl (C=O) groups is 1. The first-order valence-electron chi connectivity index (χ1n) is 9.26. The molecule has 1 N–H and O–H groups in total. The number of halogens is 1. The van der Waals surface area contributed by atoms with E-state index in [1.165, 1.54) is 6.07 Å². The third-order valence-corrected chi connectivity index (χ3v) is 4.69. The normalized spacial score (nSPS) is 10.9. The average molecular weight is 389 g/mol. The molecular formula is C23H20FN3O2. The van der Waals surface area contributed by atoms with Gasteiger partial charge in [-0.2, -0.15) is 5.10 Å². The molecule has 146 valence electrons. The number of carbonyl (C=O) groups excluding carboxylic acids is 1. The summed E-state index contributed by atoms with van der Waals surface area (Å²) in [7, 11) is 0. The highest BCUT2D eigenvalue weighted by atomic mass is 19.1. The number of nitrogens with one attached hydrogen (secondary N) is 1. The maximum absolute atomic E-state index is 14.3. The topological polar surface area (TPSA) is 60.1 Å². The molecular weight excluding hydrogens is 369 g/mol. The van der Waals surface area contributed by atoms with Crippen LogP contribution in [0.2, 0.25) is 0 Å². The van der Waals surface area contributed by atoms with Crippen LogP contribution in [0.4, 0.5) is 4.39 Å². The Morgan fingerprint density at radius 3 is 2.69 bits per heavy atom. The monoisotopic (exact) mass is 389 g/mol. The lowest BCUT2D eigenvalue weighted by Crippen LogP contribution is -2.25. The molecule has 29 heavy (non-hydrogen) atoms. The molecule has 0 spiro atoms. The molecule has 0 aliphatic carbocycles. The Morgan fingerprint density at radius 1 is 1.10 bits per heavy atom. The second-order valence-electron chi connectivity index (χ2n) is 6.86. The van der Waals surface area contributed by atoms with Crippen molar-refractivity contribution in [1.29, 1.82) is 0 Å². The number of hydrogen-bond acceptors (Lipinski definition) is 3. The lowest BCUT2D eigenvalue weighted by molar-refractivity contribution is 0.0940. The minimum atomic E-state index is -0.388. The van der Waals surface area contributed by atoms with Crippen molar-refractivity contribution in [1.82, 2.24) is 15.1 Å². The Bertz CT molecular complexity index is 1160. The van der Waals surface area contributed by atoms with E-state index < -0.39 is 0 Å². The standard InChI is InChI=1S/C23H20FN3O2/c1-15-9-10-16(2)21(12-15)27-22(23(28)25-14-17-6-5-11-29-17)13-20(26-27)18-7-3-4-8-19(18)24/h3-13H,14H2,1-2H3,(H,25,28). The van der Waals surface area contributed by atoms with Crippen molar-refractivity contribution < 1.29 is 13.6 Å². The molecule has 2 aromatic heterocycles. The van der Waals surface area contributed by atoms with Gasteiger partial charge < -0.3 is 9.73 Å². The van der Waals surface area contributed by atoms with E-state index in [-0.39, 0.29) is 18.3 Å². The van der Waals surface area contributed by atoms with Gasteiger partial charge >= 0.3 is 0 Å². The van der Waals surface area contributed by atoms with Crippen LogP contribution in [0, 0.1) is 19.7 Å². The lowest BCUT2D eigenvalue weighted by Gasteiger charge is -2.11. The summed E-state index contributed by atoms with van der Waals surface area (Å²) >= 11 is 0. The van der Waals surface area contributed by atoms with Crippen LogP contribution in [0.1, 0.15) is 27.4 Å². The SMILES string of the molecule is Cc1ccc(C)c(-n2nc(-c3ccccc3F)cc2C(=O)NCc2ccco2)c1. The molecule has 0 radical (unpaired) electrons. The maximum Gasteiger partial charge on any atom is 0.270 e. The third kappa shape index (κ3) is 3.82. The highest BCUT2D eigenvalue weighted by Crippen LogP contribution is 2.26. The van der Waals surface area contributed by atoms with Crippen LogP contribution in [0.3, 0.4) is 0 Å². The number of nitrogens with zero attached hydrogens (tertiary/aromatic N) is 2. The summed E-state index contributed by atoms with van der Waals surface area (Å²) in [5, 5.41) is 7.41. The van der Waals surface area contributed by atoms with Gasteiger partial charge in [0.15, 0.2) is 0 Å². The Balaban J connectivity index is 1.78. The van der Waals surface area contributed by atoms with Gasteiger partial charge in [-0.25, -0.2) is 9.07 Å². The van der Waals surface area contributed by atoms with E-state index >= 15 is 0 Å². The molecule has 2 aromatic carbocycles. The number of furan rings is 1. The van der Waals surface area contributed by atoms with Crippen molar-refractivity contribution in [2.45, 2.75) is 20.4 Å². The van der Waals surface area contributed by atoms with Crippen LogP contribution < -0.4 is 5.32 Å². The molecule has 6 heteroatoms. The highest BCUT2D eigenvalue weighted by Gasteiger charge is 2.20.